The van der Waals surface area contributed by atoms with E-state index in [2.05, 4.69) is 10.3 Å². The van der Waals surface area contributed by atoms with Crippen molar-refractivity contribution >= 4 is 22.8 Å². The number of para-hydroxylation sites is 1. The van der Waals surface area contributed by atoms with Crippen molar-refractivity contribution in [1.29, 1.82) is 0 Å². The smallest absolute Gasteiger partial charge is 0.328 e. The fourth-order valence-corrected chi connectivity index (χ4v) is 4.67. The Morgan fingerprint density at radius 1 is 1.19 bits per heavy atom. The Morgan fingerprint density at radius 3 is 2.81 bits per heavy atom. The van der Waals surface area contributed by atoms with Gasteiger partial charge in [0.05, 0.1) is 19.7 Å². The third kappa shape index (κ3) is 3.27. The summed E-state index contributed by atoms with van der Waals surface area (Å²) in [6.45, 7) is 2.87. The summed E-state index contributed by atoms with van der Waals surface area (Å²) in [7, 11) is 1.36. The second kappa shape index (κ2) is 8.20. The number of benzene rings is 2. The second-order valence-electron chi connectivity index (χ2n) is 7.90. The molecule has 8 heteroatoms. The van der Waals surface area contributed by atoms with Crippen LogP contribution in [0, 0.1) is 0 Å². The van der Waals surface area contributed by atoms with Crippen LogP contribution in [0.5, 0.6) is 11.5 Å². The van der Waals surface area contributed by atoms with Crippen molar-refractivity contribution in [3.63, 3.8) is 0 Å². The minimum Gasteiger partial charge on any atom is -0.467 e. The van der Waals surface area contributed by atoms with Gasteiger partial charge in [0.1, 0.15) is 6.04 Å². The zero-order valence-electron chi connectivity index (χ0n) is 18.0. The van der Waals surface area contributed by atoms with Gasteiger partial charge in [0, 0.05) is 23.0 Å². The van der Waals surface area contributed by atoms with Crippen LogP contribution >= 0.6 is 0 Å². The molecule has 0 unspecified atom stereocenters. The zero-order chi connectivity index (χ0) is 22.2. The predicted octanol–water partition coefficient (Wildman–Crippen LogP) is 2.52. The van der Waals surface area contributed by atoms with Crippen molar-refractivity contribution in [2.45, 2.75) is 25.4 Å². The van der Waals surface area contributed by atoms with Crippen LogP contribution in [0.15, 0.2) is 42.5 Å². The minimum absolute atomic E-state index is 0.126. The first kappa shape index (κ1) is 20.4. The molecule has 0 spiro atoms. The van der Waals surface area contributed by atoms with Gasteiger partial charge in [-0.2, -0.15) is 0 Å². The Kier molecular flexibility index (Phi) is 5.22. The van der Waals surface area contributed by atoms with Crippen LogP contribution in [0.1, 0.15) is 29.8 Å². The van der Waals surface area contributed by atoms with Gasteiger partial charge in [-0.15, -0.1) is 0 Å². The number of aromatic nitrogens is 1. The molecular formula is C24H25N3O5. The van der Waals surface area contributed by atoms with Crippen LogP contribution in [-0.2, 0) is 20.7 Å². The van der Waals surface area contributed by atoms with E-state index in [0.717, 1.165) is 27.7 Å². The van der Waals surface area contributed by atoms with E-state index in [4.69, 9.17) is 14.2 Å². The molecular weight excluding hydrogens is 410 g/mol. The maximum Gasteiger partial charge on any atom is 0.328 e. The van der Waals surface area contributed by atoms with E-state index in [-0.39, 0.29) is 19.2 Å². The molecule has 3 heterocycles. The number of rotatable bonds is 5. The molecule has 5 rings (SSSR count). The quantitative estimate of drug-likeness (QED) is 0.599. The van der Waals surface area contributed by atoms with Gasteiger partial charge in [0.25, 0.3) is 0 Å². The Balaban J connectivity index is 1.71. The normalized spacial score (nSPS) is 19.1. The molecule has 2 N–H and O–H groups in total. The molecule has 2 aromatic carbocycles. The molecule has 0 fully saturated rings. The van der Waals surface area contributed by atoms with E-state index in [0.29, 0.717) is 24.5 Å². The number of nitrogens with zero attached hydrogens (tertiary/aromatic N) is 1. The van der Waals surface area contributed by atoms with Crippen LogP contribution < -0.4 is 14.8 Å². The van der Waals surface area contributed by atoms with E-state index in [1.165, 1.54) is 7.11 Å². The number of H-pyrrole nitrogens is 1. The molecule has 2 aliphatic rings. The zero-order valence-corrected chi connectivity index (χ0v) is 18.0. The van der Waals surface area contributed by atoms with Gasteiger partial charge in [0.15, 0.2) is 11.5 Å². The lowest BCUT2D eigenvalue weighted by Gasteiger charge is -2.41. The van der Waals surface area contributed by atoms with E-state index >= 15 is 0 Å². The molecule has 1 aromatic heterocycles. The monoisotopic (exact) mass is 435 g/mol. The van der Waals surface area contributed by atoms with Gasteiger partial charge in [0.2, 0.25) is 12.7 Å². The first-order valence-electron chi connectivity index (χ1n) is 10.7. The fraction of sp³-hybridized carbons (Fsp3) is 0.333. The summed E-state index contributed by atoms with van der Waals surface area (Å²) >= 11 is 0. The highest BCUT2D eigenvalue weighted by Crippen LogP contribution is 2.43. The lowest BCUT2D eigenvalue weighted by atomic mass is 9.87. The number of hydrogen-bond donors (Lipinski definition) is 2. The average Bonchev–Trinajstić information content (AvgIpc) is 3.44. The molecule has 1 amide bonds. The SMILES string of the molecule is CCNCC(=O)N1[C@H](c2ccc3c(c2)OCO3)c2[nH]c3ccccc3c2C[C@@H]1C(=O)OC. The van der Waals surface area contributed by atoms with Crippen molar-refractivity contribution in [2.24, 2.45) is 0 Å². The number of esters is 1. The number of methoxy groups -OCH3 is 1. The molecule has 0 saturated heterocycles. The predicted molar refractivity (Wildman–Crippen MR) is 118 cm³/mol. The van der Waals surface area contributed by atoms with Crippen molar-refractivity contribution in [2.75, 3.05) is 27.0 Å². The van der Waals surface area contributed by atoms with Crippen molar-refractivity contribution < 1.29 is 23.8 Å². The number of ether oxygens (including phenoxy) is 3. The minimum atomic E-state index is -0.742. The van der Waals surface area contributed by atoms with Crippen molar-refractivity contribution in [1.82, 2.24) is 15.2 Å². The van der Waals surface area contributed by atoms with Gasteiger partial charge >= 0.3 is 5.97 Å². The summed E-state index contributed by atoms with van der Waals surface area (Å²) in [6, 6.07) is 12.4. The molecule has 3 aromatic rings. The van der Waals surface area contributed by atoms with Crippen LogP contribution in [-0.4, -0.2) is 54.8 Å². The first-order valence-corrected chi connectivity index (χ1v) is 10.7. The van der Waals surface area contributed by atoms with Crippen LogP contribution in [0.4, 0.5) is 0 Å². The van der Waals surface area contributed by atoms with Gasteiger partial charge < -0.3 is 29.4 Å². The van der Waals surface area contributed by atoms with Gasteiger partial charge in [-0.1, -0.05) is 31.2 Å². The second-order valence-corrected chi connectivity index (χ2v) is 7.90. The lowest BCUT2D eigenvalue weighted by molar-refractivity contribution is -0.154. The summed E-state index contributed by atoms with van der Waals surface area (Å²) in [6.07, 6.45) is 0.380. The molecule has 2 aliphatic heterocycles. The van der Waals surface area contributed by atoms with E-state index in [1.54, 1.807) is 4.90 Å². The summed E-state index contributed by atoms with van der Waals surface area (Å²) in [5.41, 5.74) is 3.72. The van der Waals surface area contributed by atoms with E-state index in [9.17, 15) is 9.59 Å². The molecule has 166 valence electrons. The summed E-state index contributed by atoms with van der Waals surface area (Å²) < 4.78 is 16.2. The highest BCUT2D eigenvalue weighted by molar-refractivity contribution is 5.91. The topological polar surface area (TPSA) is 92.9 Å². The molecule has 32 heavy (non-hydrogen) atoms. The largest absolute Gasteiger partial charge is 0.467 e. The van der Waals surface area contributed by atoms with Crippen LogP contribution in [0.25, 0.3) is 10.9 Å². The summed E-state index contributed by atoms with van der Waals surface area (Å²) in [4.78, 5) is 31.5. The third-order valence-corrected chi connectivity index (χ3v) is 6.13. The molecule has 2 atom stereocenters. The number of carbonyl (C=O) groups excluding carboxylic acids is 2. The van der Waals surface area contributed by atoms with E-state index < -0.39 is 18.1 Å². The number of amides is 1. The molecule has 0 bridgehead atoms. The third-order valence-electron chi connectivity index (χ3n) is 6.13. The van der Waals surface area contributed by atoms with Crippen LogP contribution in [0.2, 0.25) is 0 Å². The number of fused-ring (bicyclic) bond motifs is 4. The van der Waals surface area contributed by atoms with Crippen LogP contribution in [0.3, 0.4) is 0 Å². The Morgan fingerprint density at radius 2 is 2.00 bits per heavy atom. The average molecular weight is 435 g/mol. The molecule has 0 radical (unpaired) electrons. The molecule has 0 saturated carbocycles. The van der Waals surface area contributed by atoms with Gasteiger partial charge in [-0.3, -0.25) is 4.79 Å². The fourth-order valence-electron chi connectivity index (χ4n) is 4.67. The number of hydrogen-bond acceptors (Lipinski definition) is 6. The maximum atomic E-state index is 13.4. The Labute approximate surface area is 185 Å². The number of carbonyl (C=O) groups is 2. The molecule has 0 aliphatic carbocycles. The van der Waals surface area contributed by atoms with E-state index in [1.807, 2.05) is 49.4 Å². The summed E-state index contributed by atoms with van der Waals surface area (Å²) in [5.74, 6) is 0.682. The number of aromatic amines is 1. The lowest BCUT2D eigenvalue weighted by Crippen LogP contribution is -2.54. The maximum absolute atomic E-state index is 13.4. The Bertz CT molecular complexity index is 1190. The Hall–Kier alpha value is -3.52. The number of nitrogens with one attached hydrogen (secondary N) is 2. The first-order chi connectivity index (χ1) is 15.6. The standard InChI is InChI=1S/C24H25N3O5/c1-3-25-12-21(28)27-18(24(29)30-2)11-16-15-6-4-5-7-17(15)26-22(16)23(27)14-8-9-19-20(10-14)32-13-31-19/h4-10,18,23,25-26H,3,11-13H2,1-2H3/t18-,23-/m1/s1. The highest BCUT2D eigenvalue weighted by atomic mass is 16.7. The van der Waals surface area contributed by atoms with Crippen molar-refractivity contribution in [3.8, 4) is 11.5 Å². The van der Waals surface area contributed by atoms with Crippen molar-refractivity contribution in [3.05, 3.63) is 59.3 Å². The van der Waals surface area contributed by atoms with Gasteiger partial charge in [-0.05, 0) is 35.9 Å². The summed E-state index contributed by atoms with van der Waals surface area (Å²) in [5, 5.41) is 4.13. The van der Waals surface area contributed by atoms with Gasteiger partial charge in [-0.25, -0.2) is 4.79 Å². The highest BCUT2D eigenvalue weighted by Gasteiger charge is 2.44. The molecule has 8 nitrogen and oxygen atoms in total. The number of likely N-dealkylation sites (N-methyl/N-ethyl adjacent to an activating group) is 1.